The Morgan fingerprint density at radius 2 is 2.34 bits per heavy atom. The Hall–Kier alpha value is -2.43. The van der Waals surface area contributed by atoms with Crippen LogP contribution in [-0.4, -0.2) is 50.9 Å². The zero-order valence-corrected chi connectivity index (χ0v) is 17.6. The smallest absolute Gasteiger partial charge is 0.253 e. The third-order valence-electron chi connectivity index (χ3n) is 4.50. The van der Waals surface area contributed by atoms with Gasteiger partial charge in [-0.25, -0.2) is 5.01 Å². The fourth-order valence-corrected chi connectivity index (χ4v) is 4.72. The minimum atomic E-state index is -0.109. The summed E-state index contributed by atoms with van der Waals surface area (Å²) in [5.41, 5.74) is 0.787. The number of nitrogens with zero attached hydrogens (tertiary/aromatic N) is 5. The molecule has 1 unspecified atom stereocenters. The van der Waals surface area contributed by atoms with Crippen molar-refractivity contribution in [3.8, 4) is 0 Å². The average Bonchev–Trinajstić information content (AvgIpc) is 3.53. The highest BCUT2D eigenvalue weighted by molar-refractivity contribution is 7.99. The largest absolute Gasteiger partial charge is 0.463 e. The molecule has 0 saturated heterocycles. The topological polar surface area (TPSA) is 85.8 Å². The van der Waals surface area contributed by atoms with E-state index in [-0.39, 0.29) is 17.7 Å². The van der Waals surface area contributed by atoms with Gasteiger partial charge in [-0.2, -0.15) is 5.10 Å². The van der Waals surface area contributed by atoms with Crippen LogP contribution in [0.4, 0.5) is 0 Å². The molecule has 0 radical (unpaired) electrons. The normalized spacial score (nSPS) is 16.4. The molecule has 3 aromatic rings. The number of carbonyl (C=O) groups is 1. The first-order valence-corrected chi connectivity index (χ1v) is 11.1. The Morgan fingerprint density at radius 3 is 3.10 bits per heavy atom. The van der Waals surface area contributed by atoms with Gasteiger partial charge in [-0.05, 0) is 30.0 Å². The van der Waals surface area contributed by atoms with Crippen LogP contribution in [0.25, 0.3) is 0 Å². The van der Waals surface area contributed by atoms with Gasteiger partial charge in [0.25, 0.3) is 5.91 Å². The highest BCUT2D eigenvalue weighted by Crippen LogP contribution is 2.35. The summed E-state index contributed by atoms with van der Waals surface area (Å²) in [5.74, 6) is 0.869. The third-order valence-corrected chi connectivity index (χ3v) is 6.43. The van der Waals surface area contributed by atoms with Crippen LogP contribution < -0.4 is 0 Å². The second-order valence-electron chi connectivity index (χ2n) is 6.44. The fourth-order valence-electron chi connectivity index (χ4n) is 3.12. The van der Waals surface area contributed by atoms with E-state index in [9.17, 15) is 4.79 Å². The predicted molar refractivity (Wildman–Crippen MR) is 111 cm³/mol. The van der Waals surface area contributed by atoms with Gasteiger partial charge >= 0.3 is 0 Å². The molecule has 29 heavy (non-hydrogen) atoms. The summed E-state index contributed by atoms with van der Waals surface area (Å²) in [7, 11) is 1.68. The quantitative estimate of drug-likeness (QED) is 0.381. The van der Waals surface area contributed by atoms with Crippen LogP contribution >= 0.6 is 23.1 Å². The van der Waals surface area contributed by atoms with Crippen LogP contribution in [-0.2, 0) is 16.1 Å². The molecule has 1 amide bonds. The number of furan rings is 1. The van der Waals surface area contributed by atoms with E-state index in [1.54, 1.807) is 36.0 Å². The van der Waals surface area contributed by atoms with Crippen molar-refractivity contribution in [2.45, 2.75) is 30.6 Å². The fraction of sp³-hybridized carbons (Fsp3) is 0.368. The molecular weight excluding hydrogens is 410 g/mol. The molecule has 0 aliphatic carbocycles. The number of methoxy groups -OCH3 is 1. The van der Waals surface area contributed by atoms with Crippen LogP contribution in [0.2, 0.25) is 0 Å². The summed E-state index contributed by atoms with van der Waals surface area (Å²) < 4.78 is 12.5. The van der Waals surface area contributed by atoms with E-state index >= 15 is 0 Å². The minimum Gasteiger partial charge on any atom is -0.463 e. The highest BCUT2D eigenvalue weighted by Gasteiger charge is 2.34. The molecular formula is C19H21N5O3S2. The predicted octanol–water partition coefficient (Wildman–Crippen LogP) is 3.44. The van der Waals surface area contributed by atoms with Crippen molar-refractivity contribution < 1.29 is 13.9 Å². The summed E-state index contributed by atoms with van der Waals surface area (Å²) in [6.45, 7) is 1.42. The van der Waals surface area contributed by atoms with Crippen LogP contribution in [0.15, 0.2) is 56.9 Å². The molecule has 4 heterocycles. The van der Waals surface area contributed by atoms with Crippen LogP contribution in [0, 0.1) is 0 Å². The molecule has 0 bridgehead atoms. The molecule has 10 heteroatoms. The number of amides is 1. The zero-order chi connectivity index (χ0) is 20.1. The Morgan fingerprint density at radius 1 is 1.41 bits per heavy atom. The number of rotatable bonds is 9. The number of aromatic nitrogens is 3. The van der Waals surface area contributed by atoms with Crippen molar-refractivity contribution in [1.82, 2.24) is 19.8 Å². The van der Waals surface area contributed by atoms with Crippen LogP contribution in [0.5, 0.6) is 0 Å². The molecule has 1 aliphatic rings. The van der Waals surface area contributed by atoms with E-state index in [1.165, 1.54) is 11.8 Å². The van der Waals surface area contributed by atoms with Crippen molar-refractivity contribution in [1.29, 1.82) is 0 Å². The molecule has 152 valence electrons. The minimum absolute atomic E-state index is 0.0682. The van der Waals surface area contributed by atoms with E-state index in [1.807, 2.05) is 34.2 Å². The van der Waals surface area contributed by atoms with Crippen molar-refractivity contribution in [3.63, 3.8) is 0 Å². The van der Waals surface area contributed by atoms with Gasteiger partial charge < -0.3 is 13.7 Å². The van der Waals surface area contributed by atoms with Gasteiger partial charge in [-0.15, -0.1) is 21.5 Å². The number of ether oxygens (including phenoxy) is 1. The van der Waals surface area contributed by atoms with Crippen molar-refractivity contribution in [3.05, 3.63) is 52.9 Å². The van der Waals surface area contributed by atoms with E-state index in [4.69, 9.17) is 9.15 Å². The number of carbonyl (C=O) groups excluding carboxylic acids is 1. The van der Waals surface area contributed by atoms with Crippen LogP contribution in [0.3, 0.4) is 0 Å². The van der Waals surface area contributed by atoms with Gasteiger partial charge in [0, 0.05) is 31.6 Å². The molecule has 1 atom stereocenters. The van der Waals surface area contributed by atoms with E-state index in [0.29, 0.717) is 18.8 Å². The number of hydrogen-bond acceptors (Lipinski definition) is 8. The van der Waals surface area contributed by atoms with E-state index in [0.717, 1.165) is 28.7 Å². The Kier molecular flexibility index (Phi) is 6.43. The van der Waals surface area contributed by atoms with E-state index < -0.39 is 0 Å². The van der Waals surface area contributed by atoms with E-state index in [2.05, 4.69) is 15.3 Å². The monoisotopic (exact) mass is 431 g/mol. The number of aryl methyl sites for hydroxylation is 1. The molecule has 0 saturated carbocycles. The number of hydrazone groups is 1. The molecule has 8 nitrogen and oxygen atoms in total. The molecule has 4 rings (SSSR count). The first-order chi connectivity index (χ1) is 14.3. The van der Waals surface area contributed by atoms with Gasteiger partial charge in [0.1, 0.15) is 17.8 Å². The summed E-state index contributed by atoms with van der Waals surface area (Å²) in [5, 5.41) is 17.0. The lowest BCUT2D eigenvalue weighted by atomic mass is 10.1. The molecule has 0 fully saturated rings. The lowest BCUT2D eigenvalue weighted by Gasteiger charge is -2.20. The Bertz CT molecular complexity index is 953. The second-order valence-corrected chi connectivity index (χ2v) is 8.36. The molecule has 0 N–H and O–H groups in total. The lowest BCUT2D eigenvalue weighted by molar-refractivity contribution is -0.130. The van der Waals surface area contributed by atoms with Gasteiger partial charge in [-0.1, -0.05) is 17.8 Å². The maximum atomic E-state index is 13.0. The molecule has 0 spiro atoms. The van der Waals surface area contributed by atoms with Gasteiger partial charge in [-0.3, -0.25) is 4.79 Å². The maximum Gasteiger partial charge on any atom is 0.253 e. The van der Waals surface area contributed by atoms with Gasteiger partial charge in [0.15, 0.2) is 5.16 Å². The second kappa shape index (κ2) is 9.38. The zero-order valence-electron chi connectivity index (χ0n) is 15.9. The highest BCUT2D eigenvalue weighted by atomic mass is 32.2. The van der Waals surface area contributed by atoms with Crippen molar-refractivity contribution in [2.75, 3.05) is 19.5 Å². The Balaban J connectivity index is 1.45. The molecule has 3 aromatic heterocycles. The summed E-state index contributed by atoms with van der Waals surface area (Å²) >= 11 is 3.00. The molecule has 0 aromatic carbocycles. The van der Waals surface area contributed by atoms with Crippen molar-refractivity contribution >= 4 is 34.7 Å². The van der Waals surface area contributed by atoms with Gasteiger partial charge in [0.2, 0.25) is 0 Å². The standard InChI is InChI=1S/C19H21N5O3S2/c1-26-8-4-7-23-13-20-21-19(23)29-12-18(25)24-15(17-6-3-10-28-17)11-14(22-24)16-5-2-9-27-16/h2-3,5-6,9-10,13,15H,4,7-8,11-12H2,1H3. The maximum absolute atomic E-state index is 13.0. The van der Waals surface area contributed by atoms with Gasteiger partial charge in [0.05, 0.1) is 18.1 Å². The number of hydrogen-bond donors (Lipinski definition) is 0. The number of thiophene rings is 1. The average molecular weight is 432 g/mol. The SMILES string of the molecule is COCCCn1cnnc1SCC(=O)N1N=C(c2ccco2)CC1c1cccs1. The molecule has 1 aliphatic heterocycles. The summed E-state index contributed by atoms with van der Waals surface area (Å²) in [6, 6.07) is 7.62. The third kappa shape index (κ3) is 4.60. The first kappa shape index (κ1) is 19.9. The number of thioether (sulfide) groups is 1. The van der Waals surface area contributed by atoms with Crippen LogP contribution in [0.1, 0.15) is 29.5 Å². The summed E-state index contributed by atoms with van der Waals surface area (Å²) in [6.07, 6.45) is 4.80. The summed E-state index contributed by atoms with van der Waals surface area (Å²) in [4.78, 5) is 14.1. The van der Waals surface area contributed by atoms with Crippen molar-refractivity contribution in [2.24, 2.45) is 5.10 Å². The Labute approximate surface area is 176 Å². The first-order valence-electron chi connectivity index (χ1n) is 9.22. The lowest BCUT2D eigenvalue weighted by Crippen LogP contribution is -2.28.